The van der Waals surface area contributed by atoms with E-state index in [1.165, 1.54) is 7.11 Å². The molecular weight excluding hydrogens is 282 g/mol. The monoisotopic (exact) mass is 295 g/mol. The van der Waals surface area contributed by atoms with Crippen molar-refractivity contribution < 1.29 is 19.1 Å². The van der Waals surface area contributed by atoms with Crippen LogP contribution in [-0.2, 0) is 9.63 Å². The van der Waals surface area contributed by atoms with E-state index in [1.807, 2.05) is 6.92 Å². The van der Waals surface area contributed by atoms with Crippen LogP contribution >= 0.6 is 11.6 Å². The third-order valence-corrected chi connectivity index (χ3v) is 3.01. The molecular formula is C14H14ClNO4. The minimum absolute atomic E-state index is 0.396. The van der Waals surface area contributed by atoms with Crippen LogP contribution in [0.5, 0.6) is 11.5 Å². The maximum atomic E-state index is 11.5. The Morgan fingerprint density at radius 1 is 1.45 bits per heavy atom. The first-order valence-corrected chi connectivity index (χ1v) is 6.43. The van der Waals surface area contributed by atoms with Crippen molar-refractivity contribution in [2.45, 2.75) is 13.8 Å². The Morgan fingerprint density at radius 3 is 2.75 bits per heavy atom. The third kappa shape index (κ3) is 2.77. The van der Waals surface area contributed by atoms with Crippen LogP contribution in [-0.4, -0.2) is 25.4 Å². The summed E-state index contributed by atoms with van der Waals surface area (Å²) in [4.78, 5) is 16.1. The first-order valence-electron chi connectivity index (χ1n) is 6.05. The quantitative estimate of drug-likeness (QED) is 0.633. The summed E-state index contributed by atoms with van der Waals surface area (Å²) in [6.45, 7) is 4.04. The van der Waals surface area contributed by atoms with Gasteiger partial charge in [0.15, 0.2) is 11.5 Å². The molecule has 0 spiro atoms. The highest BCUT2D eigenvalue weighted by Crippen LogP contribution is 2.37. The van der Waals surface area contributed by atoms with Gasteiger partial charge in [-0.15, -0.1) is 0 Å². The van der Waals surface area contributed by atoms with Crippen LogP contribution in [0.4, 0.5) is 0 Å². The Bertz CT molecular complexity index is 607. The lowest BCUT2D eigenvalue weighted by Crippen LogP contribution is -2.02. The van der Waals surface area contributed by atoms with E-state index in [0.717, 1.165) is 0 Å². The van der Waals surface area contributed by atoms with Gasteiger partial charge in [0.05, 0.1) is 30.0 Å². The van der Waals surface area contributed by atoms with E-state index in [0.29, 0.717) is 40.0 Å². The Balaban J connectivity index is 2.44. The average molecular weight is 296 g/mol. The summed E-state index contributed by atoms with van der Waals surface area (Å²) >= 11 is 6.17. The van der Waals surface area contributed by atoms with Gasteiger partial charge in [0.2, 0.25) is 0 Å². The number of carbonyl (C=O) groups is 1. The lowest BCUT2D eigenvalue weighted by Gasteiger charge is -2.12. The summed E-state index contributed by atoms with van der Waals surface area (Å²) in [5, 5.41) is 4.03. The van der Waals surface area contributed by atoms with Crippen LogP contribution < -0.4 is 9.47 Å². The molecule has 20 heavy (non-hydrogen) atoms. The molecule has 0 bridgehead atoms. The molecule has 1 heterocycles. The number of hydrogen-bond acceptors (Lipinski definition) is 5. The summed E-state index contributed by atoms with van der Waals surface area (Å²) < 4.78 is 10.7. The fourth-order valence-corrected chi connectivity index (χ4v) is 2.07. The molecule has 0 radical (unpaired) electrons. The number of methoxy groups -OCH3 is 1. The average Bonchev–Trinajstić information content (AvgIpc) is 2.73. The second-order valence-corrected chi connectivity index (χ2v) is 4.49. The molecule has 0 amide bonds. The van der Waals surface area contributed by atoms with Crippen molar-refractivity contribution in [3.05, 3.63) is 28.3 Å². The van der Waals surface area contributed by atoms with Gasteiger partial charge in [-0.3, -0.25) is 0 Å². The number of nitrogens with zero attached hydrogens (tertiary/aromatic N) is 1. The Kier molecular flexibility index (Phi) is 4.29. The largest absolute Gasteiger partial charge is 0.493 e. The molecule has 0 atom stereocenters. The fraction of sp³-hybridized carbons (Fsp3) is 0.286. The predicted molar refractivity (Wildman–Crippen MR) is 76.4 cm³/mol. The van der Waals surface area contributed by atoms with Crippen LogP contribution in [0.1, 0.15) is 19.4 Å². The summed E-state index contributed by atoms with van der Waals surface area (Å²) in [5.41, 5.74) is 1.63. The number of halogens is 1. The Morgan fingerprint density at radius 2 is 2.20 bits per heavy atom. The van der Waals surface area contributed by atoms with E-state index in [4.69, 9.17) is 21.1 Å². The summed E-state index contributed by atoms with van der Waals surface area (Å²) in [6, 6.07) is 3.43. The van der Waals surface area contributed by atoms with E-state index in [9.17, 15) is 4.79 Å². The molecule has 0 saturated carbocycles. The van der Waals surface area contributed by atoms with Crippen LogP contribution in [0.3, 0.4) is 0 Å². The normalized spacial score (nSPS) is 16.1. The second-order valence-electron chi connectivity index (χ2n) is 4.08. The van der Waals surface area contributed by atoms with Gasteiger partial charge in [0.25, 0.3) is 0 Å². The van der Waals surface area contributed by atoms with Gasteiger partial charge in [0, 0.05) is 0 Å². The van der Waals surface area contributed by atoms with E-state index in [1.54, 1.807) is 25.1 Å². The molecule has 1 aliphatic rings. The standard InChI is InChI=1S/C14H14ClNO4/c1-4-19-13-11(15)6-9(7-12(13)18-3)5-10-8(2)16-20-14(10)17/h5-7H,4H2,1-3H3/b10-5-. The first-order chi connectivity index (χ1) is 9.56. The molecule has 2 rings (SSSR count). The van der Waals surface area contributed by atoms with Gasteiger partial charge in [-0.2, -0.15) is 0 Å². The molecule has 5 nitrogen and oxygen atoms in total. The molecule has 6 heteroatoms. The van der Waals surface area contributed by atoms with Gasteiger partial charge in [-0.1, -0.05) is 16.8 Å². The zero-order valence-electron chi connectivity index (χ0n) is 11.4. The van der Waals surface area contributed by atoms with E-state index >= 15 is 0 Å². The molecule has 1 aliphatic heterocycles. The highest BCUT2D eigenvalue weighted by atomic mass is 35.5. The number of benzene rings is 1. The Hall–Kier alpha value is -2.01. The first kappa shape index (κ1) is 14.4. The van der Waals surface area contributed by atoms with Crippen molar-refractivity contribution >= 4 is 29.4 Å². The van der Waals surface area contributed by atoms with E-state index in [-0.39, 0.29) is 0 Å². The number of oxime groups is 1. The maximum Gasteiger partial charge on any atom is 0.367 e. The van der Waals surface area contributed by atoms with Crippen molar-refractivity contribution in [1.82, 2.24) is 0 Å². The number of ether oxygens (including phenoxy) is 2. The van der Waals surface area contributed by atoms with Crippen LogP contribution in [0, 0.1) is 0 Å². The molecule has 0 unspecified atom stereocenters. The molecule has 1 aromatic carbocycles. The van der Waals surface area contributed by atoms with Gasteiger partial charge in [-0.05, 0) is 37.6 Å². The van der Waals surface area contributed by atoms with Gasteiger partial charge in [0.1, 0.15) is 0 Å². The molecule has 0 aromatic heterocycles. The van der Waals surface area contributed by atoms with Crippen molar-refractivity contribution in [1.29, 1.82) is 0 Å². The highest BCUT2D eigenvalue weighted by molar-refractivity contribution is 6.32. The van der Waals surface area contributed by atoms with Crippen molar-refractivity contribution in [3.63, 3.8) is 0 Å². The number of carbonyl (C=O) groups excluding carboxylic acids is 1. The molecule has 106 valence electrons. The molecule has 0 fully saturated rings. The van der Waals surface area contributed by atoms with E-state index < -0.39 is 5.97 Å². The lowest BCUT2D eigenvalue weighted by molar-refractivity contribution is -0.136. The molecule has 1 aromatic rings. The van der Waals surface area contributed by atoms with Crippen LogP contribution in [0.25, 0.3) is 6.08 Å². The second kappa shape index (κ2) is 5.96. The van der Waals surface area contributed by atoms with Gasteiger partial charge >= 0.3 is 5.97 Å². The fourth-order valence-electron chi connectivity index (χ4n) is 1.79. The molecule has 0 N–H and O–H groups in total. The topological polar surface area (TPSA) is 57.1 Å². The zero-order valence-corrected chi connectivity index (χ0v) is 12.2. The highest BCUT2D eigenvalue weighted by Gasteiger charge is 2.22. The van der Waals surface area contributed by atoms with Crippen LogP contribution in [0.2, 0.25) is 5.02 Å². The number of hydrogen-bond donors (Lipinski definition) is 0. The van der Waals surface area contributed by atoms with Gasteiger partial charge < -0.3 is 14.3 Å². The van der Waals surface area contributed by atoms with Crippen LogP contribution in [0.15, 0.2) is 22.9 Å². The van der Waals surface area contributed by atoms with Crippen molar-refractivity contribution in [2.24, 2.45) is 5.16 Å². The van der Waals surface area contributed by atoms with Gasteiger partial charge in [-0.25, -0.2) is 4.79 Å². The smallest absolute Gasteiger partial charge is 0.367 e. The van der Waals surface area contributed by atoms with Crippen molar-refractivity contribution in [3.8, 4) is 11.5 Å². The third-order valence-electron chi connectivity index (χ3n) is 2.73. The maximum absolute atomic E-state index is 11.5. The molecule has 0 saturated heterocycles. The summed E-state index contributed by atoms with van der Waals surface area (Å²) in [5.74, 6) is 0.511. The Labute approximate surface area is 121 Å². The minimum Gasteiger partial charge on any atom is -0.493 e. The molecule has 0 aliphatic carbocycles. The summed E-state index contributed by atoms with van der Waals surface area (Å²) in [6.07, 6.45) is 1.65. The SMILES string of the molecule is CCOc1c(Cl)cc(/C=C2\C(=O)ON=C2C)cc1OC. The lowest BCUT2D eigenvalue weighted by atomic mass is 10.1. The van der Waals surface area contributed by atoms with E-state index in [2.05, 4.69) is 9.99 Å². The van der Waals surface area contributed by atoms with Crippen molar-refractivity contribution in [2.75, 3.05) is 13.7 Å². The number of rotatable bonds is 4. The predicted octanol–water partition coefficient (Wildman–Crippen LogP) is 3.06. The summed E-state index contributed by atoms with van der Waals surface area (Å²) in [7, 11) is 1.53. The minimum atomic E-state index is -0.480. The zero-order chi connectivity index (χ0) is 14.7.